The van der Waals surface area contributed by atoms with Gasteiger partial charge in [0.2, 0.25) is 11.6 Å². The van der Waals surface area contributed by atoms with E-state index in [4.69, 9.17) is 0 Å². The lowest BCUT2D eigenvalue weighted by molar-refractivity contribution is -0.383. The first-order valence-electron chi connectivity index (χ1n) is 7.25. The third-order valence-corrected chi connectivity index (χ3v) is 3.29. The minimum Gasteiger partial charge on any atom is -0.332 e. The van der Waals surface area contributed by atoms with Crippen molar-refractivity contribution in [1.29, 1.82) is 0 Å². The van der Waals surface area contributed by atoms with Crippen LogP contribution in [0.25, 0.3) is 0 Å². The van der Waals surface area contributed by atoms with Crippen molar-refractivity contribution < 1.29 is 9.31 Å². The zero-order valence-electron chi connectivity index (χ0n) is 13.1. The zero-order valence-corrected chi connectivity index (χ0v) is 13.1. The molecule has 8 nitrogen and oxygen atoms in total. The average molecular weight is 340 g/mol. The van der Waals surface area contributed by atoms with E-state index in [0.717, 1.165) is 11.9 Å². The Morgan fingerprint density at radius 2 is 1.80 bits per heavy atom. The van der Waals surface area contributed by atoms with Crippen molar-refractivity contribution in [1.82, 2.24) is 15.0 Å². The van der Waals surface area contributed by atoms with Gasteiger partial charge in [-0.2, -0.15) is 0 Å². The molecule has 0 unspecified atom stereocenters. The summed E-state index contributed by atoms with van der Waals surface area (Å²) in [6, 6.07) is 9.33. The number of nitrogens with zero attached hydrogens (tertiary/aromatic N) is 4. The van der Waals surface area contributed by atoms with Crippen LogP contribution in [-0.2, 0) is 0 Å². The lowest BCUT2D eigenvalue weighted by Crippen LogP contribution is -2.06. The highest BCUT2D eigenvalue weighted by Gasteiger charge is 2.24. The number of benzene rings is 1. The highest BCUT2D eigenvalue weighted by molar-refractivity contribution is 5.76. The van der Waals surface area contributed by atoms with Gasteiger partial charge in [0.15, 0.2) is 0 Å². The molecule has 2 N–H and O–H groups in total. The van der Waals surface area contributed by atoms with Crippen LogP contribution in [0.1, 0.15) is 5.56 Å². The number of aromatic nitrogens is 3. The van der Waals surface area contributed by atoms with Gasteiger partial charge >= 0.3 is 5.69 Å². The van der Waals surface area contributed by atoms with Crippen molar-refractivity contribution in [3.8, 4) is 0 Å². The fourth-order valence-electron chi connectivity index (χ4n) is 2.15. The summed E-state index contributed by atoms with van der Waals surface area (Å²) in [4.78, 5) is 22.7. The third-order valence-electron chi connectivity index (χ3n) is 3.29. The first kappa shape index (κ1) is 16.2. The standard InChI is InChI=1S/C16H13FN6O2/c1-10-6-7-18-13(8-10)22-16-14(23(24)25)15(19-9-20-16)21-12-5-3-2-4-11(12)17/h2-9H,1H3,(H2,18,19,20,21,22). The predicted molar refractivity (Wildman–Crippen MR) is 90.6 cm³/mol. The summed E-state index contributed by atoms with van der Waals surface area (Å²) < 4.78 is 13.8. The minimum atomic E-state index is -0.638. The Kier molecular flexibility index (Phi) is 4.46. The van der Waals surface area contributed by atoms with Crippen molar-refractivity contribution in [3.05, 3.63) is 70.4 Å². The Labute approximate surface area is 141 Å². The maximum Gasteiger partial charge on any atom is 0.353 e. The predicted octanol–water partition coefficient (Wildman–Crippen LogP) is 3.71. The SMILES string of the molecule is Cc1ccnc(Nc2ncnc(Nc3ccccc3F)c2[N+](=O)[O-])c1. The smallest absolute Gasteiger partial charge is 0.332 e. The highest BCUT2D eigenvalue weighted by Crippen LogP contribution is 2.33. The van der Waals surface area contributed by atoms with Crippen LogP contribution < -0.4 is 10.6 Å². The number of anilines is 4. The summed E-state index contributed by atoms with van der Waals surface area (Å²) in [5.41, 5.74) is 0.594. The molecule has 0 bridgehead atoms. The van der Waals surface area contributed by atoms with Crippen LogP contribution >= 0.6 is 0 Å². The van der Waals surface area contributed by atoms with Gasteiger partial charge in [-0.1, -0.05) is 12.1 Å². The van der Waals surface area contributed by atoms with Gasteiger partial charge in [-0.25, -0.2) is 19.3 Å². The van der Waals surface area contributed by atoms with E-state index in [1.165, 1.54) is 18.2 Å². The minimum absolute atomic E-state index is 0.0445. The van der Waals surface area contributed by atoms with Gasteiger partial charge in [0, 0.05) is 6.20 Å². The van der Waals surface area contributed by atoms with E-state index in [0.29, 0.717) is 5.82 Å². The van der Waals surface area contributed by atoms with Gasteiger partial charge in [0.1, 0.15) is 18.0 Å². The van der Waals surface area contributed by atoms with E-state index in [1.807, 2.05) is 6.92 Å². The van der Waals surface area contributed by atoms with E-state index < -0.39 is 16.4 Å². The number of para-hydroxylation sites is 1. The summed E-state index contributed by atoms with van der Waals surface area (Å²) in [7, 11) is 0. The van der Waals surface area contributed by atoms with Crippen molar-refractivity contribution >= 4 is 28.8 Å². The molecular weight excluding hydrogens is 327 g/mol. The van der Waals surface area contributed by atoms with Crippen molar-refractivity contribution in [2.75, 3.05) is 10.6 Å². The first-order valence-corrected chi connectivity index (χ1v) is 7.25. The molecule has 2 aromatic heterocycles. The molecule has 2 heterocycles. The molecule has 0 aliphatic rings. The maximum atomic E-state index is 13.8. The highest BCUT2D eigenvalue weighted by atomic mass is 19.1. The molecule has 0 saturated heterocycles. The van der Waals surface area contributed by atoms with Gasteiger partial charge < -0.3 is 10.6 Å². The molecule has 1 aromatic carbocycles. The number of hydrogen-bond acceptors (Lipinski definition) is 7. The molecule has 0 aliphatic carbocycles. The van der Waals surface area contributed by atoms with E-state index in [-0.39, 0.29) is 17.3 Å². The molecular formula is C16H13FN6O2. The van der Waals surface area contributed by atoms with Gasteiger partial charge in [-0.15, -0.1) is 0 Å². The van der Waals surface area contributed by atoms with Crippen LogP contribution in [0.4, 0.5) is 33.2 Å². The van der Waals surface area contributed by atoms with Crippen LogP contribution in [0, 0.1) is 22.9 Å². The molecule has 0 aliphatic heterocycles. The molecule has 126 valence electrons. The number of nitrogens with one attached hydrogen (secondary N) is 2. The molecule has 0 atom stereocenters. The topological polar surface area (TPSA) is 106 Å². The van der Waals surface area contributed by atoms with Crippen LogP contribution in [0.3, 0.4) is 0 Å². The van der Waals surface area contributed by atoms with Gasteiger partial charge in [0.25, 0.3) is 0 Å². The maximum absolute atomic E-state index is 13.8. The van der Waals surface area contributed by atoms with E-state index in [1.54, 1.807) is 24.4 Å². The second-order valence-electron chi connectivity index (χ2n) is 5.12. The lowest BCUT2D eigenvalue weighted by Gasteiger charge is -2.10. The van der Waals surface area contributed by atoms with Crippen molar-refractivity contribution in [3.63, 3.8) is 0 Å². The lowest BCUT2D eigenvalue weighted by atomic mass is 10.3. The summed E-state index contributed by atoms with van der Waals surface area (Å²) >= 11 is 0. The number of aryl methyl sites for hydroxylation is 1. The van der Waals surface area contributed by atoms with Gasteiger partial charge in [-0.3, -0.25) is 10.1 Å². The fraction of sp³-hybridized carbons (Fsp3) is 0.0625. The number of nitro groups is 1. The largest absolute Gasteiger partial charge is 0.353 e. The van der Waals surface area contributed by atoms with E-state index >= 15 is 0 Å². The number of halogens is 1. The second kappa shape index (κ2) is 6.87. The molecule has 0 fully saturated rings. The summed E-state index contributed by atoms with van der Waals surface area (Å²) in [6.07, 6.45) is 2.72. The number of rotatable bonds is 5. The van der Waals surface area contributed by atoms with Gasteiger partial charge in [-0.05, 0) is 36.8 Å². The van der Waals surface area contributed by atoms with Crippen molar-refractivity contribution in [2.24, 2.45) is 0 Å². The van der Waals surface area contributed by atoms with Gasteiger partial charge in [0.05, 0.1) is 10.6 Å². The van der Waals surface area contributed by atoms with Crippen LogP contribution in [0.2, 0.25) is 0 Å². The van der Waals surface area contributed by atoms with Crippen LogP contribution in [0.15, 0.2) is 48.9 Å². The molecule has 3 aromatic rings. The Morgan fingerprint density at radius 3 is 2.48 bits per heavy atom. The zero-order chi connectivity index (χ0) is 17.8. The molecule has 0 spiro atoms. The van der Waals surface area contributed by atoms with E-state index in [2.05, 4.69) is 25.6 Å². The molecule has 0 saturated carbocycles. The fourth-order valence-corrected chi connectivity index (χ4v) is 2.15. The molecule has 0 radical (unpaired) electrons. The first-order chi connectivity index (χ1) is 12.0. The quantitative estimate of drug-likeness (QED) is 0.538. The normalized spacial score (nSPS) is 10.3. The monoisotopic (exact) mass is 340 g/mol. The van der Waals surface area contributed by atoms with Crippen LogP contribution in [0.5, 0.6) is 0 Å². The number of hydrogen-bond donors (Lipinski definition) is 2. The third kappa shape index (κ3) is 3.66. The molecule has 25 heavy (non-hydrogen) atoms. The average Bonchev–Trinajstić information content (AvgIpc) is 2.57. The Hall–Kier alpha value is -3.62. The Balaban J connectivity index is 2.00. The molecule has 9 heteroatoms. The molecule has 0 amide bonds. The Morgan fingerprint density at radius 1 is 1.08 bits per heavy atom. The second-order valence-corrected chi connectivity index (χ2v) is 5.12. The molecule has 3 rings (SSSR count). The van der Waals surface area contributed by atoms with Crippen molar-refractivity contribution in [2.45, 2.75) is 6.92 Å². The summed E-state index contributed by atoms with van der Waals surface area (Å²) in [5, 5.41) is 16.9. The summed E-state index contributed by atoms with van der Waals surface area (Å²) in [6.45, 7) is 1.87. The van der Waals surface area contributed by atoms with Crippen LogP contribution in [-0.4, -0.2) is 19.9 Å². The summed E-state index contributed by atoms with van der Waals surface area (Å²) in [5.74, 6) is -0.318. The Bertz CT molecular complexity index is 934. The van der Waals surface area contributed by atoms with E-state index in [9.17, 15) is 14.5 Å². The number of pyridine rings is 1.